The zero-order valence-electron chi connectivity index (χ0n) is 5.10. The molecule has 1 heterocycles. The molecule has 0 atom stereocenters. The fourth-order valence-electron chi connectivity index (χ4n) is 0.446. The second-order valence-electron chi connectivity index (χ2n) is 1.65. The number of hydrogen-bond donors (Lipinski definition) is 2. The topological polar surface area (TPSA) is 71.2 Å². The second-order valence-corrected chi connectivity index (χ2v) is 4.32. The van der Waals surface area contributed by atoms with Crippen molar-refractivity contribution in [2.24, 2.45) is 7.05 Å². The molecule has 7 heteroatoms. The van der Waals surface area contributed by atoms with Crippen molar-refractivity contribution in [3.8, 4) is 0 Å². The number of aryl methyl sites for hydroxylation is 1. The van der Waals surface area contributed by atoms with Crippen LogP contribution in [-0.4, -0.2) is 24.1 Å². The largest absolute Gasteiger partial charge is 0.280 e. The molecule has 0 fully saturated rings. The van der Waals surface area contributed by atoms with Crippen molar-refractivity contribution in [2.75, 3.05) is 0 Å². The quantitative estimate of drug-likeness (QED) is 0.684. The van der Waals surface area contributed by atoms with Crippen LogP contribution in [0.5, 0.6) is 0 Å². The summed E-state index contributed by atoms with van der Waals surface area (Å²) in [6, 6.07) is 0. The van der Waals surface area contributed by atoms with Crippen LogP contribution in [0.25, 0.3) is 0 Å². The van der Waals surface area contributed by atoms with Gasteiger partial charge in [-0.05, 0) is 0 Å². The maximum atomic E-state index is 8.79. The Bertz CT molecular complexity index is 232. The Hall–Kier alpha value is -0.300. The average molecular weight is 184 g/mol. The van der Waals surface area contributed by atoms with Crippen LogP contribution in [0.2, 0.25) is 0 Å². The summed E-state index contributed by atoms with van der Waals surface area (Å²) >= 11 is 0. The molecule has 0 unspecified atom stereocenters. The first-order chi connectivity index (χ1) is 4.50. The van der Waals surface area contributed by atoms with Gasteiger partial charge in [-0.1, -0.05) is 9.80 Å². The van der Waals surface area contributed by atoms with Crippen LogP contribution in [-0.2, 0) is 7.05 Å². The molecule has 0 aliphatic carbocycles. The Kier molecular flexibility index (Phi) is 1.86. The molecule has 0 radical (unpaired) electrons. The van der Waals surface area contributed by atoms with Gasteiger partial charge in [-0.15, -0.1) is 5.10 Å². The van der Waals surface area contributed by atoms with E-state index in [0.717, 1.165) is 0 Å². The lowest BCUT2D eigenvalue weighted by Crippen LogP contribution is -1.94. The molecule has 1 aromatic rings. The fourth-order valence-corrected chi connectivity index (χ4v) is 1.06. The van der Waals surface area contributed by atoms with Gasteiger partial charge < -0.3 is 0 Å². The zero-order chi connectivity index (χ0) is 7.78. The molecule has 0 saturated heterocycles. The number of rotatable bonds is 1. The molecule has 1 rings (SSSR count). The van der Waals surface area contributed by atoms with Gasteiger partial charge in [0.15, 0.2) is 0 Å². The highest BCUT2D eigenvalue weighted by molar-refractivity contribution is 8.43. The van der Waals surface area contributed by atoms with Crippen LogP contribution < -0.4 is 0 Å². The summed E-state index contributed by atoms with van der Waals surface area (Å²) < 4.78 is 17.6. The smallest absolute Gasteiger partial charge is 0.205 e. The second kappa shape index (κ2) is 2.39. The van der Waals surface area contributed by atoms with Crippen LogP contribution in [0.3, 0.4) is 0 Å². The molecular formula is C3H6ClN3O2S. The Morgan fingerprint density at radius 2 is 2.30 bits per heavy atom. The first-order valence-electron chi connectivity index (χ1n) is 2.34. The fraction of sp³-hybridized carbons (Fsp3) is 0.333. The van der Waals surface area contributed by atoms with E-state index in [1.807, 2.05) is 0 Å². The maximum Gasteiger partial charge on any atom is 0.205 e. The van der Waals surface area contributed by atoms with E-state index in [4.69, 9.17) is 19.8 Å². The van der Waals surface area contributed by atoms with Crippen LogP contribution >= 0.6 is 20.5 Å². The monoisotopic (exact) mass is 183 g/mol. The molecule has 2 N–H and O–H groups in total. The Morgan fingerprint density at radius 3 is 2.50 bits per heavy atom. The van der Waals surface area contributed by atoms with E-state index in [2.05, 4.69) is 10.2 Å². The molecular weight excluding hydrogens is 178 g/mol. The first kappa shape index (κ1) is 7.80. The molecule has 58 valence electrons. The van der Waals surface area contributed by atoms with Gasteiger partial charge in [0.1, 0.15) is 0 Å². The number of nitrogens with zero attached hydrogens (tertiary/aromatic N) is 3. The highest BCUT2D eigenvalue weighted by atomic mass is 35.7. The summed E-state index contributed by atoms with van der Waals surface area (Å²) in [5, 5.41) is 7.19. The molecule has 0 aliphatic heterocycles. The lowest BCUT2D eigenvalue weighted by molar-refractivity contribution is 0.499. The van der Waals surface area contributed by atoms with E-state index in [1.165, 1.54) is 11.0 Å². The first-order valence-corrected chi connectivity index (χ1v) is 4.71. The van der Waals surface area contributed by atoms with Crippen molar-refractivity contribution in [1.29, 1.82) is 0 Å². The average Bonchev–Trinajstić information content (AvgIpc) is 2.11. The lowest BCUT2D eigenvalue weighted by atomic mass is 11.0. The maximum absolute atomic E-state index is 8.79. The standard InChI is InChI=1S/C3H6ClN3O2S/c1-7-5-2-3(6-7)10(4,8)9/h2,8-9H,1H3. The highest BCUT2D eigenvalue weighted by Crippen LogP contribution is 2.51. The van der Waals surface area contributed by atoms with Gasteiger partial charge >= 0.3 is 0 Å². The van der Waals surface area contributed by atoms with Crippen LogP contribution in [0, 0.1) is 0 Å². The summed E-state index contributed by atoms with van der Waals surface area (Å²) in [5.74, 6) is 0. The van der Waals surface area contributed by atoms with Gasteiger partial charge in [-0.25, -0.2) is 0 Å². The van der Waals surface area contributed by atoms with Crippen molar-refractivity contribution >= 4 is 20.5 Å². The third-order valence-electron chi connectivity index (χ3n) is 0.845. The van der Waals surface area contributed by atoms with Gasteiger partial charge in [-0.3, -0.25) is 9.11 Å². The van der Waals surface area contributed by atoms with Crippen molar-refractivity contribution in [1.82, 2.24) is 15.0 Å². The van der Waals surface area contributed by atoms with E-state index in [1.54, 1.807) is 7.05 Å². The minimum absolute atomic E-state index is 0.00309. The number of hydrogen-bond acceptors (Lipinski definition) is 4. The molecule has 0 aliphatic rings. The molecule has 0 spiro atoms. The van der Waals surface area contributed by atoms with Gasteiger partial charge in [0.2, 0.25) is 5.03 Å². The summed E-state index contributed by atoms with van der Waals surface area (Å²) in [4.78, 5) is 1.20. The van der Waals surface area contributed by atoms with Crippen LogP contribution in [0.4, 0.5) is 0 Å². The molecule has 0 saturated carbocycles. The number of halogens is 1. The predicted octanol–water partition coefficient (Wildman–Crippen LogP) is 1.08. The minimum Gasteiger partial charge on any atom is -0.280 e. The predicted molar refractivity (Wildman–Crippen MR) is 38.0 cm³/mol. The molecule has 1 aromatic heterocycles. The van der Waals surface area contributed by atoms with E-state index in [9.17, 15) is 0 Å². The molecule has 0 aromatic carbocycles. The van der Waals surface area contributed by atoms with E-state index >= 15 is 0 Å². The summed E-state index contributed by atoms with van der Waals surface area (Å²) in [7, 11) is 3.51. The number of aromatic nitrogens is 3. The van der Waals surface area contributed by atoms with E-state index in [-0.39, 0.29) is 5.03 Å². The van der Waals surface area contributed by atoms with Gasteiger partial charge in [-0.2, -0.15) is 9.90 Å². The summed E-state index contributed by atoms with van der Waals surface area (Å²) in [6.07, 6.45) is 1.21. The highest BCUT2D eigenvalue weighted by Gasteiger charge is 2.14. The Labute approximate surface area is 63.5 Å². The SMILES string of the molecule is Cn1ncc(S(O)(O)Cl)n1. The lowest BCUT2D eigenvalue weighted by Gasteiger charge is -2.17. The van der Waals surface area contributed by atoms with Crippen molar-refractivity contribution in [2.45, 2.75) is 5.03 Å². The van der Waals surface area contributed by atoms with E-state index < -0.39 is 9.80 Å². The van der Waals surface area contributed by atoms with Crippen LogP contribution in [0.15, 0.2) is 11.2 Å². The van der Waals surface area contributed by atoms with Gasteiger partial charge in [0.05, 0.1) is 6.20 Å². The molecule has 0 amide bonds. The Balaban J connectivity index is 2.96. The molecule has 10 heavy (non-hydrogen) atoms. The van der Waals surface area contributed by atoms with Gasteiger partial charge in [0.25, 0.3) is 0 Å². The van der Waals surface area contributed by atoms with Crippen LogP contribution in [0.1, 0.15) is 0 Å². The summed E-state index contributed by atoms with van der Waals surface area (Å²) in [5.41, 5.74) is 0. The minimum atomic E-state index is -3.20. The van der Waals surface area contributed by atoms with E-state index in [0.29, 0.717) is 0 Å². The molecule has 5 nitrogen and oxygen atoms in total. The normalized spacial score (nSPS) is 13.6. The van der Waals surface area contributed by atoms with Crippen molar-refractivity contribution in [3.63, 3.8) is 0 Å². The summed E-state index contributed by atoms with van der Waals surface area (Å²) in [6.45, 7) is 0. The Morgan fingerprint density at radius 1 is 1.70 bits per heavy atom. The van der Waals surface area contributed by atoms with Crippen molar-refractivity contribution < 1.29 is 9.11 Å². The van der Waals surface area contributed by atoms with Crippen molar-refractivity contribution in [3.05, 3.63) is 6.20 Å². The third-order valence-corrected chi connectivity index (χ3v) is 2.04. The third kappa shape index (κ3) is 1.60. The molecule has 0 bridgehead atoms. The zero-order valence-corrected chi connectivity index (χ0v) is 6.67. The van der Waals surface area contributed by atoms with Gasteiger partial charge in [0, 0.05) is 17.7 Å².